The molecule has 0 amide bonds. The predicted octanol–water partition coefficient (Wildman–Crippen LogP) is 6.55. The summed E-state index contributed by atoms with van der Waals surface area (Å²) in [5, 5.41) is 5.55. The zero-order valence-electron chi connectivity index (χ0n) is 26.3. The van der Waals surface area contributed by atoms with Crippen molar-refractivity contribution in [3.63, 3.8) is 0 Å². The van der Waals surface area contributed by atoms with Gasteiger partial charge in [0.15, 0.2) is 5.75 Å². The summed E-state index contributed by atoms with van der Waals surface area (Å²) in [4.78, 5) is 25.7. The Morgan fingerprint density at radius 1 is 1.13 bits per heavy atom. The van der Waals surface area contributed by atoms with Gasteiger partial charge in [-0.1, -0.05) is 39.0 Å². The van der Waals surface area contributed by atoms with Gasteiger partial charge in [0.1, 0.15) is 5.82 Å². The van der Waals surface area contributed by atoms with Crippen LogP contribution in [0.1, 0.15) is 55.1 Å². The maximum atomic E-state index is 16.6. The number of aromatic nitrogens is 5. The highest BCUT2D eigenvalue weighted by molar-refractivity contribution is 6.00. The van der Waals surface area contributed by atoms with Crippen LogP contribution in [0.5, 0.6) is 5.75 Å². The first kappa shape index (κ1) is 32.2. The molecule has 1 unspecified atom stereocenters. The highest BCUT2D eigenvalue weighted by atomic mass is 19.4. The fourth-order valence-electron chi connectivity index (χ4n) is 6.15. The number of benzene rings is 2. The third-order valence-electron chi connectivity index (χ3n) is 8.67. The van der Waals surface area contributed by atoms with Crippen molar-refractivity contribution in [1.82, 2.24) is 24.7 Å². The summed E-state index contributed by atoms with van der Waals surface area (Å²) in [6.07, 6.45) is 0.897. The summed E-state index contributed by atoms with van der Waals surface area (Å²) in [6.45, 7) is 6.70. The van der Waals surface area contributed by atoms with Crippen LogP contribution < -0.4 is 15.4 Å². The second kappa shape index (κ2) is 12.8. The van der Waals surface area contributed by atoms with Crippen LogP contribution in [0.25, 0.3) is 27.8 Å². The molecular formula is C34H35F4N7O2. The average Bonchev–Trinajstić information content (AvgIpc) is 3.69. The molecule has 3 aromatic heterocycles. The minimum Gasteiger partial charge on any atom is -0.424 e. The monoisotopic (exact) mass is 649 g/mol. The summed E-state index contributed by atoms with van der Waals surface area (Å²) < 4.78 is 63.8. The minimum atomic E-state index is -4.56. The maximum Gasteiger partial charge on any atom is 0.419 e. The van der Waals surface area contributed by atoms with Crippen molar-refractivity contribution in [1.29, 1.82) is 0 Å². The van der Waals surface area contributed by atoms with E-state index in [4.69, 9.17) is 15.6 Å². The number of nitrogens with zero attached hydrogens (tertiary/aromatic N) is 5. The van der Waals surface area contributed by atoms with Crippen LogP contribution >= 0.6 is 0 Å². The number of hydrogen-bond donors (Lipinski definition) is 2. The van der Waals surface area contributed by atoms with Crippen LogP contribution in [0.3, 0.4) is 0 Å². The van der Waals surface area contributed by atoms with Crippen molar-refractivity contribution in [3.05, 3.63) is 82.7 Å². The maximum absolute atomic E-state index is 16.6. The van der Waals surface area contributed by atoms with E-state index in [9.17, 15) is 18.0 Å². The Morgan fingerprint density at radius 2 is 1.83 bits per heavy atom. The van der Waals surface area contributed by atoms with Gasteiger partial charge in [0.05, 0.1) is 34.1 Å². The second-order valence-electron chi connectivity index (χ2n) is 11.7. The molecular weight excluding hydrogens is 614 g/mol. The van der Waals surface area contributed by atoms with E-state index in [1.807, 2.05) is 32.0 Å². The van der Waals surface area contributed by atoms with Crippen molar-refractivity contribution in [3.8, 4) is 22.7 Å². The van der Waals surface area contributed by atoms with Crippen molar-refractivity contribution < 1.29 is 27.1 Å². The molecule has 2 aromatic carbocycles. The molecule has 1 aliphatic heterocycles. The van der Waals surface area contributed by atoms with Crippen LogP contribution in [0, 0.1) is 11.7 Å². The van der Waals surface area contributed by atoms with Crippen LogP contribution in [-0.2, 0) is 36.8 Å². The number of alkyl halides is 3. The highest BCUT2D eigenvalue weighted by Crippen LogP contribution is 2.42. The topological polar surface area (TPSA) is 115 Å². The van der Waals surface area contributed by atoms with Crippen molar-refractivity contribution in [2.45, 2.75) is 59.2 Å². The van der Waals surface area contributed by atoms with Crippen LogP contribution in [-0.4, -0.2) is 43.8 Å². The third-order valence-corrected chi connectivity index (χ3v) is 8.67. The molecule has 0 fully saturated rings. The summed E-state index contributed by atoms with van der Waals surface area (Å²) in [7, 11) is 0. The molecule has 5 aromatic rings. The van der Waals surface area contributed by atoms with E-state index >= 15 is 4.39 Å². The standard InChI is InChI=1S/C34H35F4N7O2/c1-4-20-7-6-8-21(5-2)30(20)45-31(24-18-44(14-11-26(24)43-45)33-41-16-22(17-42-33)34(36,37)38)28-23-10-13-40-29(23)27(15-25(28)35)47-32(46)19(3)9-12-39/h6-8,10,13,15-17,19,40H,4-5,9,11-12,14,18,39H2,1-3H3. The van der Waals surface area contributed by atoms with Gasteiger partial charge in [-0.2, -0.15) is 18.3 Å². The molecule has 246 valence electrons. The molecule has 0 saturated heterocycles. The average molecular weight is 650 g/mol. The van der Waals surface area contributed by atoms with E-state index < -0.39 is 29.4 Å². The lowest BCUT2D eigenvalue weighted by Gasteiger charge is -2.27. The molecule has 3 N–H and O–H groups in total. The Balaban J connectivity index is 1.54. The number of carbonyl (C=O) groups excluding carboxylic acids is 1. The molecule has 0 bridgehead atoms. The van der Waals surface area contributed by atoms with Gasteiger partial charge < -0.3 is 20.4 Å². The van der Waals surface area contributed by atoms with Gasteiger partial charge >= 0.3 is 12.1 Å². The molecule has 13 heteroatoms. The van der Waals surface area contributed by atoms with E-state index in [-0.39, 0.29) is 23.8 Å². The summed E-state index contributed by atoms with van der Waals surface area (Å²) in [6, 6.07) is 8.97. The van der Waals surface area contributed by atoms with Crippen molar-refractivity contribution in [2.75, 3.05) is 18.0 Å². The van der Waals surface area contributed by atoms with Gasteiger partial charge in [-0.25, -0.2) is 19.0 Å². The predicted molar refractivity (Wildman–Crippen MR) is 170 cm³/mol. The molecule has 9 nitrogen and oxygen atoms in total. The SMILES string of the molecule is CCc1cccc(CC)c1-n1nc2c(c1-c1c(F)cc(OC(=O)C(C)CCN)c3[nH]ccc13)CN(c1ncc(C(F)(F)F)cn1)CC2. The minimum absolute atomic E-state index is 0.0584. The Kier molecular flexibility index (Phi) is 8.75. The number of nitrogens with two attached hydrogens (primary N) is 1. The molecule has 0 radical (unpaired) electrons. The van der Waals surface area contributed by atoms with Gasteiger partial charge in [-0.3, -0.25) is 4.79 Å². The number of nitrogens with one attached hydrogen (secondary N) is 1. The number of carbonyl (C=O) groups is 1. The number of halogens is 4. The molecule has 1 atom stereocenters. The number of rotatable bonds is 9. The normalized spacial score (nSPS) is 14.0. The molecule has 1 aliphatic rings. The highest BCUT2D eigenvalue weighted by Gasteiger charge is 2.34. The summed E-state index contributed by atoms with van der Waals surface area (Å²) >= 11 is 0. The van der Waals surface area contributed by atoms with Gasteiger partial charge in [-0.05, 0) is 43.0 Å². The van der Waals surface area contributed by atoms with E-state index in [1.165, 1.54) is 6.07 Å². The first-order chi connectivity index (χ1) is 22.5. The number of para-hydroxylation sites is 1. The zero-order valence-corrected chi connectivity index (χ0v) is 26.3. The first-order valence-electron chi connectivity index (χ1n) is 15.6. The van der Waals surface area contributed by atoms with Gasteiger partial charge in [0, 0.05) is 60.7 Å². The first-order valence-corrected chi connectivity index (χ1v) is 15.6. The fraction of sp³-hybridized carbons (Fsp3) is 0.353. The van der Waals surface area contributed by atoms with Crippen LogP contribution in [0.4, 0.5) is 23.5 Å². The number of esters is 1. The number of hydrogen-bond acceptors (Lipinski definition) is 7. The molecule has 0 aliphatic carbocycles. The van der Waals surface area contributed by atoms with Crippen molar-refractivity contribution in [2.24, 2.45) is 11.7 Å². The van der Waals surface area contributed by atoms with E-state index in [0.717, 1.165) is 34.9 Å². The van der Waals surface area contributed by atoms with E-state index in [1.54, 1.807) is 28.8 Å². The van der Waals surface area contributed by atoms with Gasteiger partial charge in [-0.15, -0.1) is 0 Å². The summed E-state index contributed by atoms with van der Waals surface area (Å²) in [5.41, 5.74) is 10.2. The number of fused-ring (bicyclic) bond motifs is 2. The Morgan fingerprint density at radius 3 is 2.47 bits per heavy atom. The number of H-pyrrole nitrogens is 1. The number of aryl methyl sites for hydroxylation is 2. The van der Waals surface area contributed by atoms with Crippen molar-refractivity contribution >= 4 is 22.8 Å². The lowest BCUT2D eigenvalue weighted by atomic mass is 9.96. The quantitative estimate of drug-likeness (QED) is 0.106. The Bertz CT molecular complexity index is 1910. The van der Waals surface area contributed by atoms with E-state index in [0.29, 0.717) is 60.9 Å². The lowest BCUT2D eigenvalue weighted by Crippen LogP contribution is -2.31. The molecule has 6 rings (SSSR count). The zero-order chi connectivity index (χ0) is 33.5. The fourth-order valence-corrected chi connectivity index (χ4v) is 6.15. The second-order valence-corrected chi connectivity index (χ2v) is 11.7. The van der Waals surface area contributed by atoms with Crippen LogP contribution in [0.15, 0.2) is 48.9 Å². The largest absolute Gasteiger partial charge is 0.424 e. The lowest BCUT2D eigenvalue weighted by molar-refractivity contribution is -0.139. The molecule has 47 heavy (non-hydrogen) atoms. The Labute approximate surface area is 268 Å². The third kappa shape index (κ3) is 5.95. The van der Waals surface area contributed by atoms with Gasteiger partial charge in [0.25, 0.3) is 0 Å². The van der Waals surface area contributed by atoms with Crippen LogP contribution in [0.2, 0.25) is 0 Å². The number of anilines is 1. The summed E-state index contributed by atoms with van der Waals surface area (Å²) in [5.74, 6) is -1.42. The van der Waals surface area contributed by atoms with Gasteiger partial charge in [0.2, 0.25) is 5.95 Å². The number of aromatic amines is 1. The molecule has 0 spiro atoms. The smallest absolute Gasteiger partial charge is 0.419 e. The number of ether oxygens (including phenoxy) is 1. The molecule has 0 saturated carbocycles. The van der Waals surface area contributed by atoms with E-state index in [2.05, 4.69) is 15.0 Å². The molecule has 4 heterocycles. The Hall–Kier alpha value is -4.78.